The third-order valence-electron chi connectivity index (χ3n) is 3.45. The van der Waals surface area contributed by atoms with E-state index in [1.54, 1.807) is 16.8 Å². The van der Waals surface area contributed by atoms with E-state index in [1.807, 2.05) is 29.6 Å². The summed E-state index contributed by atoms with van der Waals surface area (Å²) in [6.07, 6.45) is 0.980. The number of aromatic nitrogens is 1. The maximum Gasteiger partial charge on any atom is 0.227 e. The Balaban J connectivity index is 1.66. The number of anilines is 1. The lowest BCUT2D eigenvalue weighted by Gasteiger charge is -2.11. The molecule has 1 aromatic heterocycles. The summed E-state index contributed by atoms with van der Waals surface area (Å²) in [5.41, 5.74) is 3.40. The second-order valence-electron chi connectivity index (χ2n) is 5.07. The molecule has 0 spiro atoms. The average Bonchev–Trinajstić information content (AvgIpc) is 2.98. The number of hydrogen-bond donors (Lipinski definition) is 1. The van der Waals surface area contributed by atoms with Crippen molar-refractivity contribution in [3.63, 3.8) is 0 Å². The van der Waals surface area contributed by atoms with Gasteiger partial charge in [-0.25, -0.2) is 4.98 Å². The summed E-state index contributed by atoms with van der Waals surface area (Å²) < 4.78 is 5.74. The summed E-state index contributed by atoms with van der Waals surface area (Å²) >= 11 is 1.54. The Morgan fingerprint density at radius 1 is 1.50 bits per heavy atom. The average molecular weight is 288 g/mol. The van der Waals surface area contributed by atoms with Crippen LogP contribution in [0.5, 0.6) is 5.75 Å². The molecule has 0 radical (unpaired) electrons. The number of benzene rings is 1. The summed E-state index contributed by atoms with van der Waals surface area (Å²) in [6, 6.07) is 7.51. The van der Waals surface area contributed by atoms with Crippen LogP contribution < -0.4 is 10.1 Å². The summed E-state index contributed by atoms with van der Waals surface area (Å²) in [5.74, 6) is 1.42. The van der Waals surface area contributed by atoms with Crippen molar-refractivity contribution in [2.45, 2.75) is 20.0 Å². The molecule has 20 heavy (non-hydrogen) atoms. The highest BCUT2D eigenvalue weighted by atomic mass is 32.1. The molecule has 1 saturated carbocycles. The van der Waals surface area contributed by atoms with E-state index in [0.29, 0.717) is 18.3 Å². The van der Waals surface area contributed by atoms with E-state index in [0.717, 1.165) is 17.8 Å². The molecular formula is C15H16N2O2S. The Labute approximate surface area is 121 Å². The molecule has 1 aromatic carbocycles. The van der Waals surface area contributed by atoms with Crippen molar-refractivity contribution < 1.29 is 9.53 Å². The maximum absolute atomic E-state index is 12.0. The second kappa shape index (κ2) is 5.63. The number of nitrogens with zero attached hydrogens (tertiary/aromatic N) is 1. The maximum atomic E-state index is 12.0. The van der Waals surface area contributed by atoms with Gasteiger partial charge in [0.1, 0.15) is 12.4 Å². The Hall–Kier alpha value is -1.88. The van der Waals surface area contributed by atoms with Gasteiger partial charge < -0.3 is 10.1 Å². The molecule has 0 saturated heterocycles. The lowest BCUT2D eigenvalue weighted by molar-refractivity contribution is -0.117. The fraction of sp³-hybridized carbons (Fsp3) is 0.333. The van der Waals surface area contributed by atoms with E-state index in [4.69, 9.17) is 4.74 Å². The van der Waals surface area contributed by atoms with Crippen LogP contribution in [0.25, 0.3) is 0 Å². The molecule has 2 aromatic rings. The fourth-order valence-electron chi connectivity index (χ4n) is 2.07. The molecule has 4 nitrogen and oxygen atoms in total. The number of thiazole rings is 1. The Morgan fingerprint density at radius 3 is 3.00 bits per heavy atom. The zero-order valence-corrected chi connectivity index (χ0v) is 12.0. The molecule has 0 aliphatic heterocycles. The molecule has 1 fully saturated rings. The molecule has 1 aliphatic rings. The van der Waals surface area contributed by atoms with Gasteiger partial charge in [0, 0.05) is 11.3 Å². The van der Waals surface area contributed by atoms with Gasteiger partial charge in [0.15, 0.2) is 0 Å². The largest absolute Gasteiger partial charge is 0.485 e. The summed E-state index contributed by atoms with van der Waals surface area (Å²) in [7, 11) is 0. The summed E-state index contributed by atoms with van der Waals surface area (Å²) in [6.45, 7) is 2.51. The first kappa shape index (κ1) is 13.1. The number of para-hydroxylation sites is 2. The predicted octanol–water partition coefficient (Wildman–Crippen LogP) is 3.32. The van der Waals surface area contributed by atoms with Gasteiger partial charge in [-0.05, 0) is 24.5 Å². The van der Waals surface area contributed by atoms with E-state index in [-0.39, 0.29) is 11.8 Å². The van der Waals surface area contributed by atoms with Crippen molar-refractivity contribution in [2.24, 2.45) is 11.8 Å². The highest BCUT2D eigenvalue weighted by Gasteiger charge is 2.39. The van der Waals surface area contributed by atoms with Gasteiger partial charge in [-0.1, -0.05) is 19.1 Å². The molecule has 1 heterocycles. The first-order valence-electron chi connectivity index (χ1n) is 6.64. The lowest BCUT2D eigenvalue weighted by Crippen LogP contribution is -2.15. The van der Waals surface area contributed by atoms with Crippen molar-refractivity contribution in [3.05, 3.63) is 40.8 Å². The second-order valence-corrected chi connectivity index (χ2v) is 5.79. The smallest absolute Gasteiger partial charge is 0.227 e. The summed E-state index contributed by atoms with van der Waals surface area (Å²) in [5, 5.41) is 4.90. The first-order chi connectivity index (χ1) is 9.74. The van der Waals surface area contributed by atoms with Crippen LogP contribution in [0.3, 0.4) is 0 Å². The fourth-order valence-corrected chi connectivity index (χ4v) is 2.61. The van der Waals surface area contributed by atoms with Crippen molar-refractivity contribution in [2.75, 3.05) is 5.32 Å². The van der Waals surface area contributed by atoms with Crippen LogP contribution in [0.2, 0.25) is 0 Å². The van der Waals surface area contributed by atoms with Gasteiger partial charge in [0.25, 0.3) is 0 Å². The lowest BCUT2D eigenvalue weighted by atomic mass is 10.2. The molecule has 3 rings (SSSR count). The van der Waals surface area contributed by atoms with Crippen molar-refractivity contribution in [3.8, 4) is 5.75 Å². The van der Waals surface area contributed by atoms with Crippen molar-refractivity contribution in [1.29, 1.82) is 0 Å². The SMILES string of the molecule is CC1CC1C(=O)Nc1ccccc1OCc1cscn1. The van der Waals surface area contributed by atoms with Crippen LogP contribution in [0.15, 0.2) is 35.2 Å². The number of nitrogens with one attached hydrogen (secondary N) is 1. The monoisotopic (exact) mass is 288 g/mol. The van der Waals surface area contributed by atoms with E-state index >= 15 is 0 Å². The quantitative estimate of drug-likeness (QED) is 0.918. The van der Waals surface area contributed by atoms with Crippen LogP contribution in [0.1, 0.15) is 19.0 Å². The van der Waals surface area contributed by atoms with Gasteiger partial charge in [0.05, 0.1) is 16.9 Å². The van der Waals surface area contributed by atoms with Crippen LogP contribution in [0, 0.1) is 11.8 Å². The molecule has 1 aliphatic carbocycles. The molecule has 2 atom stereocenters. The third-order valence-corrected chi connectivity index (χ3v) is 4.09. The number of hydrogen-bond acceptors (Lipinski definition) is 4. The number of ether oxygens (including phenoxy) is 1. The highest BCUT2D eigenvalue weighted by Crippen LogP contribution is 2.39. The molecule has 5 heteroatoms. The summed E-state index contributed by atoms with van der Waals surface area (Å²) in [4.78, 5) is 16.2. The minimum absolute atomic E-state index is 0.0854. The number of amides is 1. The zero-order valence-electron chi connectivity index (χ0n) is 11.2. The van der Waals surface area contributed by atoms with E-state index < -0.39 is 0 Å². The van der Waals surface area contributed by atoms with Gasteiger partial charge in [0.2, 0.25) is 5.91 Å². The molecule has 0 bridgehead atoms. The van der Waals surface area contributed by atoms with E-state index in [2.05, 4.69) is 17.2 Å². The number of rotatable bonds is 5. The Kier molecular flexibility index (Phi) is 3.69. The van der Waals surface area contributed by atoms with E-state index in [1.165, 1.54) is 0 Å². The first-order valence-corrected chi connectivity index (χ1v) is 7.58. The van der Waals surface area contributed by atoms with Crippen LogP contribution in [0.4, 0.5) is 5.69 Å². The van der Waals surface area contributed by atoms with Gasteiger partial charge >= 0.3 is 0 Å². The third kappa shape index (κ3) is 2.99. The van der Waals surface area contributed by atoms with Crippen LogP contribution >= 0.6 is 11.3 Å². The Bertz CT molecular complexity index is 598. The standard InChI is InChI=1S/C15H16N2O2S/c1-10-6-12(10)15(18)17-13-4-2-3-5-14(13)19-7-11-8-20-9-16-11/h2-5,8-10,12H,6-7H2,1H3,(H,17,18). The molecule has 1 N–H and O–H groups in total. The molecule has 1 amide bonds. The van der Waals surface area contributed by atoms with Crippen LogP contribution in [-0.4, -0.2) is 10.9 Å². The predicted molar refractivity (Wildman–Crippen MR) is 78.8 cm³/mol. The highest BCUT2D eigenvalue weighted by molar-refractivity contribution is 7.07. The van der Waals surface area contributed by atoms with Gasteiger partial charge in [-0.3, -0.25) is 4.79 Å². The van der Waals surface area contributed by atoms with Crippen molar-refractivity contribution >= 4 is 22.9 Å². The number of carbonyl (C=O) groups excluding carboxylic acids is 1. The Morgan fingerprint density at radius 2 is 2.30 bits per heavy atom. The molecule has 104 valence electrons. The minimum atomic E-state index is 0.0854. The molecule has 2 unspecified atom stereocenters. The molecular weight excluding hydrogens is 272 g/mol. The zero-order chi connectivity index (χ0) is 13.9. The van der Waals surface area contributed by atoms with E-state index in [9.17, 15) is 4.79 Å². The van der Waals surface area contributed by atoms with Gasteiger partial charge in [-0.2, -0.15) is 0 Å². The van der Waals surface area contributed by atoms with Crippen molar-refractivity contribution in [1.82, 2.24) is 4.98 Å². The minimum Gasteiger partial charge on any atom is -0.485 e. The number of carbonyl (C=O) groups is 1. The normalized spacial score (nSPS) is 20.4. The van der Waals surface area contributed by atoms with Gasteiger partial charge in [-0.15, -0.1) is 11.3 Å². The van der Waals surface area contributed by atoms with Crippen LogP contribution in [-0.2, 0) is 11.4 Å². The topological polar surface area (TPSA) is 51.2 Å².